The zero-order chi connectivity index (χ0) is 24.2. The van der Waals surface area contributed by atoms with Gasteiger partial charge in [0.15, 0.2) is 17.5 Å². The minimum atomic E-state index is -1.01. The van der Waals surface area contributed by atoms with Crippen molar-refractivity contribution in [3.05, 3.63) is 66.1 Å². The van der Waals surface area contributed by atoms with Crippen molar-refractivity contribution in [1.29, 1.82) is 0 Å². The van der Waals surface area contributed by atoms with Crippen molar-refractivity contribution < 1.29 is 23.2 Å². The molecule has 0 fully saturated rings. The van der Waals surface area contributed by atoms with Crippen LogP contribution in [0.25, 0.3) is 22.9 Å². The highest BCUT2D eigenvalue weighted by Gasteiger charge is 2.22. The maximum atomic E-state index is 14.5. The maximum Gasteiger partial charge on any atom is 0.305 e. The van der Waals surface area contributed by atoms with Gasteiger partial charge < -0.3 is 14.9 Å². The van der Waals surface area contributed by atoms with Crippen LogP contribution in [0.15, 0.2) is 53.4 Å². The number of rotatable bonds is 9. The van der Waals surface area contributed by atoms with Crippen LogP contribution in [0.2, 0.25) is 0 Å². The van der Waals surface area contributed by atoms with Gasteiger partial charge in [0.2, 0.25) is 0 Å². The molecule has 1 unspecified atom stereocenters. The number of carbonyl (C=O) groups is 1. The Bertz CT molecular complexity index is 1290. The molecule has 0 aliphatic carbocycles. The predicted molar refractivity (Wildman–Crippen MR) is 119 cm³/mol. The molecule has 9 nitrogen and oxygen atoms in total. The van der Waals surface area contributed by atoms with Crippen molar-refractivity contribution >= 4 is 11.8 Å². The summed E-state index contributed by atoms with van der Waals surface area (Å²) in [5, 5.41) is 20.5. The van der Waals surface area contributed by atoms with Crippen LogP contribution in [-0.2, 0) is 11.3 Å². The van der Waals surface area contributed by atoms with E-state index in [-0.39, 0.29) is 36.3 Å². The molecule has 0 aliphatic rings. The lowest BCUT2D eigenvalue weighted by atomic mass is 10.0. The molecule has 1 atom stereocenters. The second-order valence-electron chi connectivity index (χ2n) is 8.03. The van der Waals surface area contributed by atoms with Gasteiger partial charge in [0.25, 0.3) is 0 Å². The fourth-order valence-corrected chi connectivity index (χ4v) is 3.39. The molecule has 11 heteroatoms. The van der Waals surface area contributed by atoms with Crippen LogP contribution in [-0.4, -0.2) is 42.0 Å². The molecule has 3 aromatic heterocycles. The van der Waals surface area contributed by atoms with E-state index < -0.39 is 17.8 Å². The summed E-state index contributed by atoms with van der Waals surface area (Å²) >= 11 is 0. The zero-order valence-corrected chi connectivity index (χ0v) is 18.4. The normalized spacial score (nSPS) is 12.1. The molecular weight excluding hydrogens is 446 g/mol. The van der Waals surface area contributed by atoms with E-state index in [1.54, 1.807) is 30.3 Å². The van der Waals surface area contributed by atoms with E-state index in [2.05, 4.69) is 25.5 Å². The van der Waals surface area contributed by atoms with Crippen molar-refractivity contribution in [2.75, 3.05) is 5.32 Å². The number of nitrogens with one attached hydrogen (secondary N) is 1. The lowest BCUT2D eigenvalue weighted by molar-refractivity contribution is -0.137. The number of anilines is 1. The summed E-state index contributed by atoms with van der Waals surface area (Å²) in [6, 6.07) is 9.07. The van der Waals surface area contributed by atoms with Gasteiger partial charge in [-0.15, -0.1) is 0 Å². The van der Waals surface area contributed by atoms with Crippen molar-refractivity contribution in [2.24, 2.45) is 5.92 Å². The number of aliphatic carboxylic acids is 1. The molecule has 4 rings (SSSR count). The first-order valence-corrected chi connectivity index (χ1v) is 10.5. The zero-order valence-electron chi connectivity index (χ0n) is 18.4. The summed E-state index contributed by atoms with van der Waals surface area (Å²) in [6.45, 7) is 3.76. The first kappa shape index (κ1) is 23.0. The Hall–Kier alpha value is -4.15. The highest BCUT2D eigenvalue weighted by atomic mass is 19.1. The van der Waals surface area contributed by atoms with Crippen LogP contribution in [0.1, 0.15) is 25.8 Å². The summed E-state index contributed by atoms with van der Waals surface area (Å²) < 4.78 is 35.2. The van der Waals surface area contributed by atoms with Gasteiger partial charge in [0.05, 0.1) is 24.9 Å². The third kappa shape index (κ3) is 5.08. The molecule has 4 aromatic rings. The number of hydrogen-bond acceptors (Lipinski definition) is 7. The van der Waals surface area contributed by atoms with E-state index in [1.165, 1.54) is 17.0 Å². The van der Waals surface area contributed by atoms with Gasteiger partial charge in [0.1, 0.15) is 23.5 Å². The Morgan fingerprint density at radius 3 is 2.65 bits per heavy atom. The van der Waals surface area contributed by atoms with Gasteiger partial charge in [-0.25, -0.2) is 18.7 Å². The third-order valence-electron chi connectivity index (χ3n) is 5.25. The largest absolute Gasteiger partial charge is 0.481 e. The molecular formula is C23H22F2N6O3. The van der Waals surface area contributed by atoms with Crippen LogP contribution in [0, 0.1) is 17.6 Å². The first-order valence-electron chi connectivity index (χ1n) is 10.5. The minimum Gasteiger partial charge on any atom is -0.481 e. The van der Waals surface area contributed by atoms with Gasteiger partial charge in [-0.05, 0) is 18.1 Å². The summed E-state index contributed by atoms with van der Waals surface area (Å²) in [4.78, 5) is 19.5. The van der Waals surface area contributed by atoms with E-state index in [1.807, 2.05) is 13.8 Å². The number of benzene rings is 1. The van der Waals surface area contributed by atoms with Crippen molar-refractivity contribution in [3.8, 4) is 22.9 Å². The molecule has 0 saturated carbocycles. The molecule has 2 N–H and O–H groups in total. The minimum absolute atomic E-state index is 0.0901. The van der Waals surface area contributed by atoms with Crippen LogP contribution >= 0.6 is 0 Å². The predicted octanol–water partition coefficient (Wildman–Crippen LogP) is 4.23. The average Bonchev–Trinajstić information content (AvgIpc) is 3.46. The molecule has 3 heterocycles. The van der Waals surface area contributed by atoms with Gasteiger partial charge in [0, 0.05) is 17.7 Å². The molecule has 0 saturated heterocycles. The lowest BCUT2D eigenvalue weighted by Gasteiger charge is -2.21. The van der Waals surface area contributed by atoms with Crippen LogP contribution < -0.4 is 5.32 Å². The molecule has 1 aromatic carbocycles. The van der Waals surface area contributed by atoms with Crippen molar-refractivity contribution in [1.82, 2.24) is 24.9 Å². The number of carboxylic acid groups (broad SMARTS) is 1. The highest BCUT2D eigenvalue weighted by Crippen LogP contribution is 2.26. The monoisotopic (exact) mass is 468 g/mol. The van der Waals surface area contributed by atoms with Crippen LogP contribution in [0.4, 0.5) is 14.6 Å². The number of aromatic nitrogens is 5. The number of halogens is 2. The SMILES string of the molecule is CC(C)C(CC(=O)O)Nc1nc(-c2cc(-c3ccon3)n(Cc3ccccc3F)n2)ncc1F. The Morgan fingerprint density at radius 1 is 1.18 bits per heavy atom. The summed E-state index contributed by atoms with van der Waals surface area (Å²) in [6.07, 6.45) is 2.19. The van der Waals surface area contributed by atoms with Gasteiger partial charge in [-0.1, -0.05) is 37.2 Å². The lowest BCUT2D eigenvalue weighted by Crippen LogP contribution is -2.29. The molecule has 0 aliphatic heterocycles. The van der Waals surface area contributed by atoms with E-state index >= 15 is 0 Å². The molecule has 0 spiro atoms. The topological polar surface area (TPSA) is 119 Å². The Kier molecular flexibility index (Phi) is 6.62. The van der Waals surface area contributed by atoms with Crippen molar-refractivity contribution in [2.45, 2.75) is 32.9 Å². The quantitative estimate of drug-likeness (QED) is 0.375. The van der Waals surface area contributed by atoms with Gasteiger partial charge >= 0.3 is 5.97 Å². The Labute approximate surface area is 193 Å². The van der Waals surface area contributed by atoms with Crippen LogP contribution in [0.5, 0.6) is 0 Å². The molecule has 34 heavy (non-hydrogen) atoms. The Morgan fingerprint density at radius 2 is 1.97 bits per heavy atom. The maximum absolute atomic E-state index is 14.5. The fourth-order valence-electron chi connectivity index (χ4n) is 3.39. The third-order valence-corrected chi connectivity index (χ3v) is 5.25. The standard InChI is InChI=1S/C23H22F2N6O3/c1-13(2)18(10-21(32)33)27-22-16(25)11-26-23(28-22)19-9-20(17-7-8-34-30-17)31(29-19)12-14-5-3-4-6-15(14)24/h3-9,11,13,18H,10,12H2,1-2H3,(H,32,33)(H,26,27,28). The summed E-state index contributed by atoms with van der Waals surface area (Å²) in [5.41, 5.74) is 1.71. The smallest absolute Gasteiger partial charge is 0.305 e. The average molecular weight is 468 g/mol. The van der Waals surface area contributed by atoms with E-state index in [4.69, 9.17) is 9.63 Å². The number of hydrogen-bond donors (Lipinski definition) is 2. The molecule has 0 bridgehead atoms. The van der Waals surface area contributed by atoms with Gasteiger partial charge in [-0.3, -0.25) is 9.48 Å². The summed E-state index contributed by atoms with van der Waals surface area (Å²) in [5.74, 6) is -2.22. The van der Waals surface area contributed by atoms with Gasteiger partial charge in [-0.2, -0.15) is 5.10 Å². The first-order chi connectivity index (χ1) is 16.3. The second-order valence-corrected chi connectivity index (χ2v) is 8.03. The fraction of sp³-hybridized carbons (Fsp3) is 0.261. The second kappa shape index (κ2) is 9.77. The highest BCUT2D eigenvalue weighted by molar-refractivity contribution is 5.68. The number of nitrogens with zero attached hydrogens (tertiary/aromatic N) is 5. The summed E-state index contributed by atoms with van der Waals surface area (Å²) in [7, 11) is 0. The molecule has 176 valence electrons. The molecule has 0 amide bonds. The van der Waals surface area contributed by atoms with Crippen LogP contribution in [0.3, 0.4) is 0 Å². The number of carboxylic acids is 1. The van der Waals surface area contributed by atoms with E-state index in [0.717, 1.165) is 6.20 Å². The Balaban J connectivity index is 1.71. The van der Waals surface area contributed by atoms with Crippen molar-refractivity contribution in [3.63, 3.8) is 0 Å². The van der Waals surface area contributed by atoms with E-state index in [0.29, 0.717) is 22.6 Å². The molecule has 0 radical (unpaired) electrons. The van der Waals surface area contributed by atoms with E-state index in [9.17, 15) is 13.6 Å².